The summed E-state index contributed by atoms with van der Waals surface area (Å²) in [4.78, 5) is 14.2. The maximum Gasteiger partial charge on any atom is 0.155 e. The van der Waals surface area contributed by atoms with Crippen LogP contribution in [0.1, 0.15) is 30.9 Å². The fourth-order valence-corrected chi connectivity index (χ4v) is 2.56. The van der Waals surface area contributed by atoms with Crippen LogP contribution < -0.4 is 0 Å². The lowest BCUT2D eigenvalue weighted by atomic mass is 10.0. The highest BCUT2D eigenvalue weighted by Gasteiger charge is 2.42. The number of ketones is 1. The van der Waals surface area contributed by atoms with Crippen molar-refractivity contribution >= 4 is 5.78 Å². The van der Waals surface area contributed by atoms with Gasteiger partial charge in [-0.3, -0.25) is 9.69 Å². The van der Waals surface area contributed by atoms with Crippen molar-refractivity contribution in [2.75, 3.05) is 6.54 Å². The van der Waals surface area contributed by atoms with Gasteiger partial charge in [0.05, 0.1) is 6.04 Å². The van der Waals surface area contributed by atoms with E-state index in [4.69, 9.17) is 0 Å². The second-order valence-corrected chi connectivity index (χ2v) is 4.65. The summed E-state index contributed by atoms with van der Waals surface area (Å²) in [5.41, 5.74) is 0.775. The molecule has 1 aliphatic carbocycles. The van der Waals surface area contributed by atoms with E-state index in [9.17, 15) is 9.90 Å². The van der Waals surface area contributed by atoms with E-state index in [0.29, 0.717) is 12.5 Å². The van der Waals surface area contributed by atoms with E-state index in [1.807, 2.05) is 12.1 Å². The van der Waals surface area contributed by atoms with Crippen LogP contribution in [0.5, 0.6) is 5.75 Å². The van der Waals surface area contributed by atoms with Crippen molar-refractivity contribution in [1.29, 1.82) is 0 Å². The quantitative estimate of drug-likeness (QED) is 0.822. The van der Waals surface area contributed by atoms with E-state index >= 15 is 0 Å². The lowest BCUT2D eigenvalue weighted by Gasteiger charge is -2.23. The van der Waals surface area contributed by atoms with Gasteiger partial charge in [0.15, 0.2) is 5.78 Å². The minimum absolute atomic E-state index is 0.200. The number of aromatic hydroxyl groups is 1. The van der Waals surface area contributed by atoms with Gasteiger partial charge in [0.25, 0.3) is 0 Å². The van der Waals surface area contributed by atoms with Crippen molar-refractivity contribution in [3.63, 3.8) is 0 Å². The Morgan fingerprint density at radius 2 is 2.00 bits per heavy atom. The normalized spacial score (nSPS) is 26.2. The molecule has 1 saturated heterocycles. The van der Waals surface area contributed by atoms with E-state index in [-0.39, 0.29) is 17.6 Å². The fraction of sp³-hybridized carbons (Fsp3) is 0.462. The standard InChI is InChI=1S/C13H15NO2/c15-11-4-2-1-3-10(11)13-12(16)7-8-14(13)9-5-6-9/h1-4,9,13,15H,5-8H2. The van der Waals surface area contributed by atoms with Crippen LogP contribution in [0.25, 0.3) is 0 Å². The molecule has 2 fully saturated rings. The second kappa shape index (κ2) is 3.59. The fourth-order valence-electron chi connectivity index (χ4n) is 2.56. The van der Waals surface area contributed by atoms with Gasteiger partial charge in [-0.05, 0) is 18.9 Å². The molecule has 3 nitrogen and oxygen atoms in total. The Morgan fingerprint density at radius 1 is 1.25 bits per heavy atom. The van der Waals surface area contributed by atoms with Gasteiger partial charge in [0, 0.05) is 24.6 Å². The Balaban J connectivity index is 1.97. The minimum atomic E-state index is -0.200. The minimum Gasteiger partial charge on any atom is -0.508 e. The number of Topliss-reactive ketones (excluding diaryl/α,β-unsaturated/α-hetero) is 1. The highest BCUT2D eigenvalue weighted by Crippen LogP contribution is 2.41. The predicted octanol–water partition coefficient (Wildman–Crippen LogP) is 1.87. The van der Waals surface area contributed by atoms with Crippen molar-refractivity contribution < 1.29 is 9.90 Å². The van der Waals surface area contributed by atoms with Crippen LogP contribution in [0.2, 0.25) is 0 Å². The summed E-state index contributed by atoms with van der Waals surface area (Å²) in [6.45, 7) is 0.850. The number of phenols is 1. The number of nitrogens with zero attached hydrogens (tertiary/aromatic N) is 1. The molecule has 0 radical (unpaired) electrons. The Hall–Kier alpha value is -1.35. The van der Waals surface area contributed by atoms with Crippen LogP contribution in [0.3, 0.4) is 0 Å². The zero-order chi connectivity index (χ0) is 11.1. The molecule has 84 valence electrons. The smallest absolute Gasteiger partial charge is 0.155 e. The van der Waals surface area contributed by atoms with Crippen molar-refractivity contribution in [3.8, 4) is 5.75 Å². The van der Waals surface area contributed by atoms with Gasteiger partial charge in [0.2, 0.25) is 0 Å². The Morgan fingerprint density at radius 3 is 2.69 bits per heavy atom. The highest BCUT2D eigenvalue weighted by molar-refractivity contribution is 5.88. The number of likely N-dealkylation sites (tertiary alicyclic amines) is 1. The number of carbonyl (C=O) groups is 1. The van der Waals surface area contributed by atoms with Crippen molar-refractivity contribution in [3.05, 3.63) is 29.8 Å². The average molecular weight is 217 g/mol. The van der Waals surface area contributed by atoms with Gasteiger partial charge >= 0.3 is 0 Å². The molecule has 1 saturated carbocycles. The monoisotopic (exact) mass is 217 g/mol. The van der Waals surface area contributed by atoms with Crippen molar-refractivity contribution in [2.45, 2.75) is 31.3 Å². The number of para-hydroxylation sites is 1. The van der Waals surface area contributed by atoms with Crippen LogP contribution in [-0.4, -0.2) is 28.4 Å². The van der Waals surface area contributed by atoms with Gasteiger partial charge in [0.1, 0.15) is 5.75 Å². The number of hydrogen-bond donors (Lipinski definition) is 1. The molecule has 16 heavy (non-hydrogen) atoms. The first kappa shape index (κ1) is 9.85. The number of benzene rings is 1. The Bertz CT molecular complexity index is 426. The van der Waals surface area contributed by atoms with E-state index in [1.54, 1.807) is 12.1 Å². The highest BCUT2D eigenvalue weighted by atomic mass is 16.3. The average Bonchev–Trinajstić information content (AvgIpc) is 3.04. The third-order valence-electron chi connectivity index (χ3n) is 3.50. The number of hydrogen-bond acceptors (Lipinski definition) is 3. The summed E-state index contributed by atoms with van der Waals surface area (Å²) in [6.07, 6.45) is 3.00. The summed E-state index contributed by atoms with van der Waals surface area (Å²) >= 11 is 0. The van der Waals surface area contributed by atoms with E-state index in [0.717, 1.165) is 12.1 Å². The molecule has 2 aliphatic rings. The summed E-state index contributed by atoms with van der Waals surface area (Å²) < 4.78 is 0. The summed E-state index contributed by atoms with van der Waals surface area (Å²) in [5.74, 6) is 0.488. The van der Waals surface area contributed by atoms with Gasteiger partial charge in [-0.15, -0.1) is 0 Å². The first-order valence-electron chi connectivity index (χ1n) is 5.84. The molecular formula is C13H15NO2. The molecule has 0 aromatic heterocycles. The van der Waals surface area contributed by atoms with Crippen LogP contribution >= 0.6 is 0 Å². The van der Waals surface area contributed by atoms with E-state index in [1.165, 1.54) is 12.8 Å². The molecular weight excluding hydrogens is 202 g/mol. The first-order valence-corrected chi connectivity index (χ1v) is 5.84. The lowest BCUT2D eigenvalue weighted by molar-refractivity contribution is -0.120. The molecule has 0 amide bonds. The molecule has 1 N–H and O–H groups in total. The van der Waals surface area contributed by atoms with Gasteiger partial charge in [-0.2, -0.15) is 0 Å². The second-order valence-electron chi connectivity index (χ2n) is 4.65. The summed E-state index contributed by atoms with van der Waals surface area (Å²) in [7, 11) is 0. The SMILES string of the molecule is O=C1CCN(C2CC2)C1c1ccccc1O. The van der Waals surface area contributed by atoms with Crippen molar-refractivity contribution in [1.82, 2.24) is 4.90 Å². The van der Waals surface area contributed by atoms with E-state index in [2.05, 4.69) is 4.90 Å². The molecule has 3 rings (SSSR count). The Labute approximate surface area is 94.7 Å². The molecule has 1 aromatic carbocycles. The third-order valence-corrected chi connectivity index (χ3v) is 3.50. The predicted molar refractivity (Wildman–Crippen MR) is 60.2 cm³/mol. The molecule has 0 spiro atoms. The third kappa shape index (κ3) is 1.52. The summed E-state index contributed by atoms with van der Waals surface area (Å²) in [6, 6.07) is 7.56. The summed E-state index contributed by atoms with van der Waals surface area (Å²) in [5, 5.41) is 9.83. The number of carbonyl (C=O) groups excluding carboxylic acids is 1. The molecule has 0 bridgehead atoms. The first-order chi connectivity index (χ1) is 7.77. The van der Waals surface area contributed by atoms with Crippen LogP contribution in [0.15, 0.2) is 24.3 Å². The number of phenolic OH excluding ortho intramolecular Hbond substituents is 1. The van der Waals surface area contributed by atoms with Gasteiger partial charge < -0.3 is 5.11 Å². The van der Waals surface area contributed by atoms with Crippen LogP contribution in [0, 0.1) is 0 Å². The molecule has 1 atom stereocenters. The zero-order valence-corrected chi connectivity index (χ0v) is 9.10. The zero-order valence-electron chi connectivity index (χ0n) is 9.10. The topological polar surface area (TPSA) is 40.5 Å². The molecule has 1 aromatic rings. The van der Waals surface area contributed by atoms with Crippen LogP contribution in [0.4, 0.5) is 0 Å². The van der Waals surface area contributed by atoms with E-state index < -0.39 is 0 Å². The van der Waals surface area contributed by atoms with Crippen LogP contribution in [-0.2, 0) is 4.79 Å². The van der Waals surface area contributed by atoms with Gasteiger partial charge in [-0.1, -0.05) is 18.2 Å². The maximum atomic E-state index is 11.9. The van der Waals surface area contributed by atoms with Gasteiger partial charge in [-0.25, -0.2) is 0 Å². The lowest BCUT2D eigenvalue weighted by Crippen LogP contribution is -2.27. The Kier molecular flexibility index (Phi) is 2.21. The maximum absolute atomic E-state index is 11.9. The van der Waals surface area contributed by atoms with Crippen molar-refractivity contribution in [2.24, 2.45) is 0 Å². The number of rotatable bonds is 2. The molecule has 1 unspecified atom stereocenters. The molecule has 1 heterocycles. The largest absolute Gasteiger partial charge is 0.508 e. The molecule has 1 aliphatic heterocycles. The molecule has 3 heteroatoms.